The molecule has 1 atom stereocenters. The number of halogens is 1. The lowest BCUT2D eigenvalue weighted by atomic mass is 10.2. The standard InChI is InChI=1S/C12H16ClN3O4/c1-7(2)15-10(12(14)17)6-20-11-5-8(16(18)19)3-4-9(11)13/h3-5,7,10,15H,6H2,1-2H3,(H2,14,17). The molecule has 0 spiro atoms. The van der Waals surface area contributed by atoms with Crippen LogP contribution in [0.15, 0.2) is 18.2 Å². The van der Waals surface area contributed by atoms with Crippen LogP contribution in [0.3, 0.4) is 0 Å². The van der Waals surface area contributed by atoms with Gasteiger partial charge in [0, 0.05) is 12.1 Å². The molecule has 0 aliphatic carbocycles. The number of non-ortho nitro benzene ring substituents is 1. The van der Waals surface area contributed by atoms with Crippen molar-refractivity contribution in [1.82, 2.24) is 5.32 Å². The van der Waals surface area contributed by atoms with E-state index in [1.54, 1.807) is 0 Å². The highest BCUT2D eigenvalue weighted by Gasteiger charge is 2.18. The van der Waals surface area contributed by atoms with E-state index in [0.29, 0.717) is 0 Å². The Morgan fingerprint density at radius 2 is 2.20 bits per heavy atom. The first-order valence-corrected chi connectivity index (χ1v) is 6.31. The summed E-state index contributed by atoms with van der Waals surface area (Å²) < 4.78 is 5.35. The summed E-state index contributed by atoms with van der Waals surface area (Å²) in [7, 11) is 0. The average molecular weight is 302 g/mol. The molecule has 0 saturated carbocycles. The van der Waals surface area contributed by atoms with Gasteiger partial charge in [-0.05, 0) is 6.07 Å². The lowest BCUT2D eigenvalue weighted by Crippen LogP contribution is -2.48. The fourth-order valence-corrected chi connectivity index (χ4v) is 1.68. The molecule has 0 aromatic heterocycles. The second kappa shape index (κ2) is 7.06. The van der Waals surface area contributed by atoms with E-state index in [-0.39, 0.29) is 29.1 Å². The van der Waals surface area contributed by atoms with E-state index >= 15 is 0 Å². The monoisotopic (exact) mass is 301 g/mol. The molecule has 0 fully saturated rings. The van der Waals surface area contributed by atoms with E-state index in [1.807, 2.05) is 13.8 Å². The fourth-order valence-electron chi connectivity index (χ4n) is 1.50. The summed E-state index contributed by atoms with van der Waals surface area (Å²) in [5.74, 6) is -0.432. The lowest BCUT2D eigenvalue weighted by molar-refractivity contribution is -0.384. The molecule has 1 aromatic rings. The molecule has 3 N–H and O–H groups in total. The van der Waals surface area contributed by atoms with E-state index in [1.165, 1.54) is 18.2 Å². The van der Waals surface area contributed by atoms with Gasteiger partial charge in [0.2, 0.25) is 5.91 Å². The maximum Gasteiger partial charge on any atom is 0.273 e. The third kappa shape index (κ3) is 4.67. The molecule has 1 unspecified atom stereocenters. The van der Waals surface area contributed by atoms with E-state index in [4.69, 9.17) is 22.1 Å². The minimum Gasteiger partial charge on any atom is -0.490 e. The van der Waals surface area contributed by atoms with E-state index in [0.717, 1.165) is 0 Å². The van der Waals surface area contributed by atoms with Gasteiger partial charge < -0.3 is 15.8 Å². The number of nitro benzene ring substituents is 1. The maximum atomic E-state index is 11.3. The molecule has 110 valence electrons. The average Bonchev–Trinajstić information content (AvgIpc) is 2.35. The van der Waals surface area contributed by atoms with Crippen LogP contribution in [-0.2, 0) is 4.79 Å². The first-order valence-electron chi connectivity index (χ1n) is 5.93. The summed E-state index contributed by atoms with van der Waals surface area (Å²) in [6.07, 6.45) is 0. The number of hydrogen-bond donors (Lipinski definition) is 2. The molecule has 0 bridgehead atoms. The molecule has 20 heavy (non-hydrogen) atoms. The smallest absolute Gasteiger partial charge is 0.273 e. The Morgan fingerprint density at radius 1 is 1.55 bits per heavy atom. The predicted octanol–water partition coefficient (Wildman–Crippen LogP) is 1.48. The number of rotatable bonds is 7. The van der Waals surface area contributed by atoms with Crippen molar-refractivity contribution in [2.24, 2.45) is 5.73 Å². The van der Waals surface area contributed by atoms with Crippen molar-refractivity contribution in [1.29, 1.82) is 0 Å². The van der Waals surface area contributed by atoms with Crippen molar-refractivity contribution in [2.45, 2.75) is 25.9 Å². The highest BCUT2D eigenvalue weighted by Crippen LogP contribution is 2.28. The summed E-state index contributed by atoms with van der Waals surface area (Å²) in [6.45, 7) is 3.65. The quantitative estimate of drug-likeness (QED) is 0.586. The molecule has 0 aliphatic rings. The highest BCUT2D eigenvalue weighted by molar-refractivity contribution is 6.32. The van der Waals surface area contributed by atoms with Crippen molar-refractivity contribution in [3.8, 4) is 5.75 Å². The topological polar surface area (TPSA) is 107 Å². The number of nitrogens with one attached hydrogen (secondary N) is 1. The number of ether oxygens (including phenoxy) is 1. The second-order valence-electron chi connectivity index (χ2n) is 4.46. The van der Waals surface area contributed by atoms with Crippen LogP contribution in [0.1, 0.15) is 13.8 Å². The van der Waals surface area contributed by atoms with Crippen LogP contribution in [0.25, 0.3) is 0 Å². The molecule has 0 radical (unpaired) electrons. The van der Waals surface area contributed by atoms with Gasteiger partial charge in [-0.3, -0.25) is 14.9 Å². The molecule has 7 nitrogen and oxygen atoms in total. The zero-order valence-electron chi connectivity index (χ0n) is 11.1. The zero-order chi connectivity index (χ0) is 15.3. The molecule has 1 aromatic carbocycles. The summed E-state index contributed by atoms with van der Waals surface area (Å²) in [5.41, 5.74) is 5.10. The van der Waals surface area contributed by atoms with E-state index in [2.05, 4.69) is 5.32 Å². The summed E-state index contributed by atoms with van der Waals surface area (Å²) in [6, 6.07) is 3.18. The van der Waals surface area contributed by atoms with Gasteiger partial charge >= 0.3 is 0 Å². The number of amides is 1. The van der Waals surface area contributed by atoms with Crippen molar-refractivity contribution in [3.63, 3.8) is 0 Å². The van der Waals surface area contributed by atoms with Crippen LogP contribution in [-0.4, -0.2) is 29.5 Å². The number of carbonyl (C=O) groups excluding carboxylic acids is 1. The van der Waals surface area contributed by atoms with Crippen LogP contribution in [0.5, 0.6) is 5.75 Å². The number of nitrogens with zero attached hydrogens (tertiary/aromatic N) is 1. The van der Waals surface area contributed by atoms with Crippen molar-refractivity contribution in [2.75, 3.05) is 6.61 Å². The molecular formula is C12H16ClN3O4. The highest BCUT2D eigenvalue weighted by atomic mass is 35.5. The van der Waals surface area contributed by atoms with Gasteiger partial charge in [-0.25, -0.2) is 0 Å². The van der Waals surface area contributed by atoms with Gasteiger partial charge in [0.05, 0.1) is 16.0 Å². The molecule has 0 aliphatic heterocycles. The molecule has 8 heteroatoms. The Balaban J connectivity index is 2.79. The van der Waals surface area contributed by atoms with E-state index < -0.39 is 16.9 Å². The van der Waals surface area contributed by atoms with Crippen LogP contribution in [0.4, 0.5) is 5.69 Å². The minimum absolute atomic E-state index is 0.0386. The summed E-state index contributed by atoms with van der Waals surface area (Å²) >= 11 is 5.89. The van der Waals surface area contributed by atoms with Gasteiger partial charge in [-0.15, -0.1) is 0 Å². The van der Waals surface area contributed by atoms with Gasteiger partial charge in [0.15, 0.2) is 0 Å². The number of primary amides is 1. The number of carbonyl (C=O) groups is 1. The number of benzene rings is 1. The Labute approximate surface area is 121 Å². The Hall–Kier alpha value is -1.86. The number of hydrogen-bond acceptors (Lipinski definition) is 5. The SMILES string of the molecule is CC(C)NC(COc1cc([N+](=O)[O-])ccc1Cl)C(N)=O. The lowest BCUT2D eigenvalue weighted by Gasteiger charge is -2.19. The molecule has 1 rings (SSSR count). The first kappa shape index (κ1) is 16.2. The Morgan fingerprint density at radius 3 is 2.70 bits per heavy atom. The van der Waals surface area contributed by atoms with E-state index in [9.17, 15) is 14.9 Å². The molecular weight excluding hydrogens is 286 g/mol. The maximum absolute atomic E-state index is 11.3. The van der Waals surface area contributed by atoms with Gasteiger partial charge in [-0.2, -0.15) is 0 Å². The normalized spacial score (nSPS) is 12.2. The summed E-state index contributed by atoms with van der Waals surface area (Å²) in [5, 5.41) is 13.8. The predicted molar refractivity (Wildman–Crippen MR) is 74.9 cm³/mol. The van der Waals surface area contributed by atoms with Gasteiger partial charge in [0.1, 0.15) is 18.4 Å². The fraction of sp³-hybridized carbons (Fsp3) is 0.417. The Kier molecular flexibility index (Phi) is 5.72. The largest absolute Gasteiger partial charge is 0.490 e. The zero-order valence-corrected chi connectivity index (χ0v) is 11.9. The van der Waals surface area contributed by atoms with Crippen molar-refractivity contribution in [3.05, 3.63) is 33.3 Å². The van der Waals surface area contributed by atoms with Crippen LogP contribution in [0, 0.1) is 10.1 Å². The number of nitro groups is 1. The second-order valence-corrected chi connectivity index (χ2v) is 4.87. The van der Waals surface area contributed by atoms with Crippen LogP contribution in [0.2, 0.25) is 5.02 Å². The van der Waals surface area contributed by atoms with Gasteiger partial charge in [0.25, 0.3) is 5.69 Å². The third-order valence-corrected chi connectivity index (χ3v) is 2.72. The first-order chi connectivity index (χ1) is 9.31. The van der Waals surface area contributed by atoms with Crippen molar-refractivity contribution >= 4 is 23.2 Å². The van der Waals surface area contributed by atoms with Crippen LogP contribution >= 0.6 is 11.6 Å². The van der Waals surface area contributed by atoms with Crippen molar-refractivity contribution < 1.29 is 14.5 Å². The summed E-state index contributed by atoms with van der Waals surface area (Å²) in [4.78, 5) is 21.4. The molecule has 1 amide bonds. The van der Waals surface area contributed by atoms with Crippen LogP contribution < -0.4 is 15.8 Å². The molecule has 0 heterocycles. The minimum atomic E-state index is -0.703. The third-order valence-electron chi connectivity index (χ3n) is 2.41. The van der Waals surface area contributed by atoms with Gasteiger partial charge in [-0.1, -0.05) is 25.4 Å². The molecule has 0 saturated heterocycles. The number of nitrogens with two attached hydrogens (primary N) is 1. The Bertz CT molecular complexity index is 507.